The third-order valence-electron chi connectivity index (χ3n) is 4.88. The predicted molar refractivity (Wildman–Crippen MR) is 75.2 cm³/mol. The zero-order valence-electron chi connectivity index (χ0n) is 11.8. The number of carbonyl (C=O) groups is 2. The number of hydrogen-bond acceptors (Lipinski definition) is 2. The number of nitrogens with one attached hydrogen (secondary N) is 1. The van der Waals surface area contributed by atoms with Crippen molar-refractivity contribution >= 4 is 17.6 Å². The molecule has 5 heteroatoms. The molecule has 2 saturated carbocycles. The smallest absolute Gasteiger partial charge is 0.307 e. The van der Waals surface area contributed by atoms with Crippen molar-refractivity contribution in [2.24, 2.45) is 23.7 Å². The number of carboxylic acids is 1. The molecular formula is C16H18FNO3. The van der Waals surface area contributed by atoms with Gasteiger partial charge < -0.3 is 10.4 Å². The summed E-state index contributed by atoms with van der Waals surface area (Å²) in [6.45, 7) is 1.81. The van der Waals surface area contributed by atoms with Gasteiger partial charge in [-0.1, -0.05) is 6.07 Å². The van der Waals surface area contributed by atoms with Crippen molar-refractivity contribution in [2.75, 3.05) is 5.32 Å². The lowest BCUT2D eigenvalue weighted by molar-refractivity contribution is -0.148. The predicted octanol–water partition coefficient (Wildman–Crippen LogP) is 2.82. The van der Waals surface area contributed by atoms with E-state index in [1.165, 1.54) is 6.07 Å². The van der Waals surface area contributed by atoms with Crippen molar-refractivity contribution in [1.29, 1.82) is 0 Å². The molecule has 4 atom stereocenters. The Hall–Kier alpha value is -1.91. The summed E-state index contributed by atoms with van der Waals surface area (Å²) in [6, 6.07) is 4.50. The minimum atomic E-state index is -0.910. The molecule has 21 heavy (non-hydrogen) atoms. The summed E-state index contributed by atoms with van der Waals surface area (Å²) in [5, 5.41) is 12.0. The van der Waals surface area contributed by atoms with Crippen LogP contribution < -0.4 is 5.32 Å². The molecule has 4 nitrogen and oxygen atoms in total. The van der Waals surface area contributed by atoms with Gasteiger partial charge in [0, 0.05) is 0 Å². The van der Waals surface area contributed by atoms with E-state index in [2.05, 4.69) is 5.32 Å². The summed E-state index contributed by atoms with van der Waals surface area (Å²) in [6.07, 6.45) is 2.57. The summed E-state index contributed by atoms with van der Waals surface area (Å²) in [7, 11) is 0. The van der Waals surface area contributed by atoms with E-state index in [0.717, 1.165) is 24.8 Å². The number of benzene rings is 1. The molecule has 0 aliphatic heterocycles. The normalized spacial score (nSPS) is 30.4. The number of anilines is 1. The number of fused-ring (bicyclic) bond motifs is 2. The Morgan fingerprint density at radius 2 is 1.90 bits per heavy atom. The molecule has 0 heterocycles. The number of amides is 1. The zero-order valence-corrected chi connectivity index (χ0v) is 11.8. The van der Waals surface area contributed by atoms with Gasteiger partial charge in [-0.15, -0.1) is 0 Å². The van der Waals surface area contributed by atoms with Crippen molar-refractivity contribution in [3.05, 3.63) is 29.6 Å². The number of aryl methyl sites for hydroxylation is 1. The van der Waals surface area contributed by atoms with Gasteiger partial charge in [-0.25, -0.2) is 4.39 Å². The Balaban J connectivity index is 1.81. The van der Waals surface area contributed by atoms with Crippen LogP contribution in [-0.4, -0.2) is 17.0 Å². The van der Waals surface area contributed by atoms with Crippen molar-refractivity contribution in [1.82, 2.24) is 0 Å². The lowest BCUT2D eigenvalue weighted by Gasteiger charge is -2.27. The lowest BCUT2D eigenvalue weighted by Crippen LogP contribution is -2.38. The maximum absolute atomic E-state index is 13.7. The molecule has 2 aliphatic carbocycles. The van der Waals surface area contributed by atoms with Crippen LogP contribution in [-0.2, 0) is 9.59 Å². The van der Waals surface area contributed by atoms with E-state index in [1.807, 2.05) is 6.92 Å². The van der Waals surface area contributed by atoms with E-state index in [-0.39, 0.29) is 23.4 Å². The minimum absolute atomic E-state index is 0.0885. The monoisotopic (exact) mass is 291 g/mol. The average Bonchev–Trinajstić information content (AvgIpc) is 3.03. The molecule has 112 valence electrons. The Bertz CT molecular complexity index is 601. The van der Waals surface area contributed by atoms with Gasteiger partial charge >= 0.3 is 5.97 Å². The lowest BCUT2D eigenvalue weighted by atomic mass is 9.78. The van der Waals surface area contributed by atoms with Gasteiger partial charge in [-0.2, -0.15) is 0 Å². The molecule has 1 aromatic carbocycles. The van der Waals surface area contributed by atoms with Crippen LogP contribution in [0.25, 0.3) is 0 Å². The van der Waals surface area contributed by atoms with Gasteiger partial charge in [0.15, 0.2) is 0 Å². The third kappa shape index (κ3) is 2.41. The third-order valence-corrected chi connectivity index (χ3v) is 4.88. The number of aliphatic carboxylic acids is 1. The van der Waals surface area contributed by atoms with Gasteiger partial charge in [0.2, 0.25) is 5.91 Å². The van der Waals surface area contributed by atoms with Crippen LogP contribution in [0, 0.1) is 36.4 Å². The molecule has 0 spiro atoms. The van der Waals surface area contributed by atoms with Crippen LogP contribution in [0.4, 0.5) is 10.1 Å². The second-order valence-electron chi connectivity index (χ2n) is 6.20. The van der Waals surface area contributed by atoms with E-state index in [0.29, 0.717) is 0 Å². The van der Waals surface area contributed by atoms with Crippen molar-refractivity contribution < 1.29 is 19.1 Å². The van der Waals surface area contributed by atoms with Crippen LogP contribution in [0.15, 0.2) is 18.2 Å². The first kappa shape index (κ1) is 14.0. The molecule has 3 rings (SSSR count). The second-order valence-corrected chi connectivity index (χ2v) is 6.20. The molecule has 1 amide bonds. The van der Waals surface area contributed by atoms with E-state index in [9.17, 15) is 19.1 Å². The molecule has 2 aliphatic rings. The van der Waals surface area contributed by atoms with E-state index in [1.54, 1.807) is 12.1 Å². The highest BCUT2D eigenvalue weighted by atomic mass is 19.1. The van der Waals surface area contributed by atoms with Gasteiger partial charge in [-0.05, 0) is 55.7 Å². The van der Waals surface area contributed by atoms with E-state index >= 15 is 0 Å². The highest BCUT2D eigenvalue weighted by Gasteiger charge is 2.54. The molecule has 0 aromatic heterocycles. The number of rotatable bonds is 3. The highest BCUT2D eigenvalue weighted by Crippen LogP contribution is 2.52. The molecular weight excluding hydrogens is 273 g/mol. The van der Waals surface area contributed by atoms with E-state index in [4.69, 9.17) is 0 Å². The van der Waals surface area contributed by atoms with Crippen LogP contribution in [0.1, 0.15) is 24.8 Å². The second kappa shape index (κ2) is 5.13. The maximum atomic E-state index is 13.7. The number of carbonyl (C=O) groups excluding carboxylic acids is 1. The first-order chi connectivity index (χ1) is 9.97. The summed E-state index contributed by atoms with van der Waals surface area (Å²) in [4.78, 5) is 23.9. The molecule has 0 unspecified atom stereocenters. The fourth-order valence-corrected chi connectivity index (χ4v) is 3.97. The van der Waals surface area contributed by atoms with Gasteiger partial charge in [0.1, 0.15) is 5.82 Å². The number of carboxylic acid groups (broad SMARTS) is 1. The summed E-state index contributed by atoms with van der Waals surface area (Å²) in [5.74, 6) is -2.73. The summed E-state index contributed by atoms with van der Waals surface area (Å²) in [5.41, 5.74) is 0.973. The molecule has 0 radical (unpaired) electrons. The minimum Gasteiger partial charge on any atom is -0.481 e. The molecule has 2 fully saturated rings. The summed E-state index contributed by atoms with van der Waals surface area (Å²) >= 11 is 0. The molecule has 2 bridgehead atoms. The topological polar surface area (TPSA) is 66.4 Å². The van der Waals surface area contributed by atoms with Crippen molar-refractivity contribution in [2.45, 2.75) is 26.2 Å². The van der Waals surface area contributed by atoms with Gasteiger partial charge in [0.05, 0.1) is 17.5 Å². The van der Waals surface area contributed by atoms with Crippen molar-refractivity contribution in [3.63, 3.8) is 0 Å². The Labute approximate surface area is 122 Å². The van der Waals surface area contributed by atoms with Crippen LogP contribution in [0.2, 0.25) is 0 Å². The molecule has 0 saturated heterocycles. The standard InChI is InChI=1S/C16H18FNO3/c1-8-2-5-11(17)12(6-8)18-15(19)13-9-3-4-10(7-9)14(13)16(20)21/h2,5-6,9-10,13-14H,3-4,7H2,1H3,(H,18,19)(H,20,21)/t9-,10-,13-,14+/m0/s1. The maximum Gasteiger partial charge on any atom is 0.307 e. The SMILES string of the molecule is Cc1ccc(F)c(NC(=O)[C@H]2[C@H]3CC[C@@H](C3)[C@H]2C(=O)O)c1. The fourth-order valence-electron chi connectivity index (χ4n) is 3.97. The fraction of sp³-hybridized carbons (Fsp3) is 0.500. The highest BCUT2D eigenvalue weighted by molar-refractivity contribution is 5.96. The number of hydrogen-bond donors (Lipinski definition) is 2. The Morgan fingerprint density at radius 3 is 2.57 bits per heavy atom. The van der Waals surface area contributed by atoms with Crippen LogP contribution >= 0.6 is 0 Å². The van der Waals surface area contributed by atoms with Gasteiger partial charge in [-0.3, -0.25) is 9.59 Å². The van der Waals surface area contributed by atoms with Crippen LogP contribution in [0.5, 0.6) is 0 Å². The Kier molecular flexibility index (Phi) is 3.43. The Morgan fingerprint density at radius 1 is 1.24 bits per heavy atom. The molecule has 1 aromatic rings. The van der Waals surface area contributed by atoms with Crippen molar-refractivity contribution in [3.8, 4) is 0 Å². The van der Waals surface area contributed by atoms with Gasteiger partial charge in [0.25, 0.3) is 0 Å². The zero-order chi connectivity index (χ0) is 15.1. The van der Waals surface area contributed by atoms with E-state index < -0.39 is 23.6 Å². The quantitative estimate of drug-likeness (QED) is 0.900. The molecule has 2 N–H and O–H groups in total. The largest absolute Gasteiger partial charge is 0.481 e. The average molecular weight is 291 g/mol. The first-order valence-corrected chi connectivity index (χ1v) is 7.27. The van der Waals surface area contributed by atoms with Crippen LogP contribution in [0.3, 0.4) is 0 Å². The number of halogens is 1. The first-order valence-electron chi connectivity index (χ1n) is 7.27. The summed E-state index contributed by atoms with van der Waals surface area (Å²) < 4.78 is 13.7.